The van der Waals surface area contributed by atoms with E-state index in [4.69, 9.17) is 9.47 Å². The summed E-state index contributed by atoms with van der Waals surface area (Å²) in [6, 6.07) is 6.43. The first-order chi connectivity index (χ1) is 5.27. The summed E-state index contributed by atoms with van der Waals surface area (Å²) in [5, 5.41) is 0. The number of hydrogen-bond acceptors (Lipinski definition) is 2. The van der Waals surface area contributed by atoms with Gasteiger partial charge < -0.3 is 9.47 Å². The Bertz CT molecular complexity index is 248. The summed E-state index contributed by atoms with van der Waals surface area (Å²) < 4.78 is 10.8. The second-order valence-corrected chi connectivity index (χ2v) is 2.77. The summed E-state index contributed by atoms with van der Waals surface area (Å²) in [6.45, 7) is 0. The molecular weight excluding hydrogens is 208 g/mol. The second-order valence-electron chi connectivity index (χ2n) is 1.92. The SMILES string of the molecule is COc1[c]cc(OC)c(Br)c1. The van der Waals surface area contributed by atoms with Crippen LogP contribution in [0.25, 0.3) is 0 Å². The average molecular weight is 216 g/mol. The van der Waals surface area contributed by atoms with Gasteiger partial charge in [0.2, 0.25) is 0 Å². The minimum Gasteiger partial charge on any atom is -0.496 e. The highest BCUT2D eigenvalue weighted by Crippen LogP contribution is 2.27. The molecular formula is C8H8BrO2. The molecule has 3 heteroatoms. The van der Waals surface area contributed by atoms with Gasteiger partial charge in [0.05, 0.1) is 18.7 Å². The van der Waals surface area contributed by atoms with Gasteiger partial charge in [-0.1, -0.05) is 0 Å². The zero-order valence-electron chi connectivity index (χ0n) is 6.35. The molecule has 1 radical (unpaired) electrons. The van der Waals surface area contributed by atoms with Crippen LogP contribution in [0.1, 0.15) is 0 Å². The third kappa shape index (κ3) is 1.87. The number of benzene rings is 1. The van der Waals surface area contributed by atoms with Gasteiger partial charge in [-0.15, -0.1) is 0 Å². The van der Waals surface area contributed by atoms with Crippen LogP contribution in [-0.2, 0) is 0 Å². The van der Waals surface area contributed by atoms with Gasteiger partial charge in [-0.3, -0.25) is 0 Å². The van der Waals surface area contributed by atoms with Crippen molar-refractivity contribution in [2.24, 2.45) is 0 Å². The Hall–Kier alpha value is -0.700. The highest BCUT2D eigenvalue weighted by molar-refractivity contribution is 9.10. The fourth-order valence-electron chi connectivity index (χ4n) is 0.708. The van der Waals surface area contributed by atoms with E-state index < -0.39 is 0 Å². The zero-order valence-corrected chi connectivity index (χ0v) is 7.94. The fourth-order valence-corrected chi connectivity index (χ4v) is 1.19. The molecule has 0 aliphatic heterocycles. The van der Waals surface area contributed by atoms with Crippen molar-refractivity contribution in [2.45, 2.75) is 0 Å². The summed E-state index contributed by atoms with van der Waals surface area (Å²) >= 11 is 3.32. The molecule has 0 unspecified atom stereocenters. The molecule has 1 aromatic rings. The summed E-state index contributed by atoms with van der Waals surface area (Å²) in [6.07, 6.45) is 0. The lowest BCUT2D eigenvalue weighted by molar-refractivity contribution is 0.400. The van der Waals surface area contributed by atoms with Crippen molar-refractivity contribution in [3.8, 4) is 11.5 Å². The van der Waals surface area contributed by atoms with Crippen LogP contribution in [0.2, 0.25) is 0 Å². The Morgan fingerprint density at radius 2 is 2.09 bits per heavy atom. The van der Waals surface area contributed by atoms with E-state index in [1.807, 2.05) is 0 Å². The van der Waals surface area contributed by atoms with E-state index in [1.165, 1.54) is 0 Å². The molecule has 0 saturated carbocycles. The molecule has 0 atom stereocenters. The summed E-state index contributed by atoms with van der Waals surface area (Å²) in [5.41, 5.74) is 0. The Labute approximate surface area is 74.3 Å². The normalized spacial score (nSPS) is 9.36. The molecule has 11 heavy (non-hydrogen) atoms. The molecule has 0 spiro atoms. The monoisotopic (exact) mass is 215 g/mol. The van der Waals surface area contributed by atoms with E-state index in [0.717, 1.165) is 10.2 Å². The topological polar surface area (TPSA) is 18.5 Å². The van der Waals surface area contributed by atoms with Crippen molar-refractivity contribution in [1.29, 1.82) is 0 Å². The Balaban J connectivity index is 2.99. The van der Waals surface area contributed by atoms with Gasteiger partial charge in [-0.25, -0.2) is 0 Å². The molecule has 2 nitrogen and oxygen atoms in total. The van der Waals surface area contributed by atoms with Crippen LogP contribution < -0.4 is 9.47 Å². The smallest absolute Gasteiger partial charge is 0.133 e. The molecule has 0 aromatic heterocycles. The first-order valence-corrected chi connectivity index (χ1v) is 3.86. The zero-order chi connectivity index (χ0) is 8.27. The first-order valence-electron chi connectivity index (χ1n) is 3.07. The van der Waals surface area contributed by atoms with Crippen molar-refractivity contribution in [3.05, 3.63) is 22.7 Å². The second kappa shape index (κ2) is 3.62. The summed E-state index contributed by atoms with van der Waals surface area (Å²) in [7, 11) is 3.21. The molecule has 0 heterocycles. The van der Waals surface area contributed by atoms with Crippen LogP contribution in [0.3, 0.4) is 0 Å². The van der Waals surface area contributed by atoms with E-state index in [9.17, 15) is 0 Å². The summed E-state index contributed by atoms with van der Waals surface area (Å²) in [4.78, 5) is 0. The Morgan fingerprint density at radius 3 is 2.55 bits per heavy atom. The Morgan fingerprint density at radius 1 is 1.36 bits per heavy atom. The minimum atomic E-state index is 0.692. The molecule has 0 aliphatic carbocycles. The lowest BCUT2D eigenvalue weighted by Crippen LogP contribution is -1.86. The largest absolute Gasteiger partial charge is 0.496 e. The van der Waals surface area contributed by atoms with Gasteiger partial charge in [0.25, 0.3) is 0 Å². The molecule has 1 rings (SSSR count). The molecule has 59 valence electrons. The van der Waals surface area contributed by atoms with E-state index in [2.05, 4.69) is 22.0 Å². The minimum absolute atomic E-state index is 0.692. The third-order valence-corrected chi connectivity index (χ3v) is 1.90. The van der Waals surface area contributed by atoms with Gasteiger partial charge in [0.1, 0.15) is 11.5 Å². The lowest BCUT2D eigenvalue weighted by atomic mass is 10.3. The maximum Gasteiger partial charge on any atom is 0.133 e. The molecule has 0 fully saturated rings. The van der Waals surface area contributed by atoms with Gasteiger partial charge in [0.15, 0.2) is 0 Å². The van der Waals surface area contributed by atoms with E-state index >= 15 is 0 Å². The first kappa shape index (κ1) is 8.40. The number of methoxy groups -OCH3 is 2. The van der Waals surface area contributed by atoms with Crippen LogP contribution in [-0.4, -0.2) is 14.2 Å². The highest BCUT2D eigenvalue weighted by Gasteiger charge is 2.00. The maximum absolute atomic E-state index is 5.01. The molecule has 0 N–H and O–H groups in total. The quantitative estimate of drug-likeness (QED) is 0.754. The van der Waals surface area contributed by atoms with Gasteiger partial charge in [-0.05, 0) is 28.1 Å². The maximum atomic E-state index is 5.01. The van der Waals surface area contributed by atoms with Gasteiger partial charge in [-0.2, -0.15) is 0 Å². The number of ether oxygens (including phenoxy) is 2. The highest BCUT2D eigenvalue weighted by atomic mass is 79.9. The average Bonchev–Trinajstić information content (AvgIpc) is 2.04. The lowest BCUT2D eigenvalue weighted by Gasteiger charge is -2.03. The van der Waals surface area contributed by atoms with Crippen molar-refractivity contribution in [1.82, 2.24) is 0 Å². The van der Waals surface area contributed by atoms with Gasteiger partial charge in [0, 0.05) is 6.07 Å². The predicted octanol–water partition coefficient (Wildman–Crippen LogP) is 2.27. The van der Waals surface area contributed by atoms with Gasteiger partial charge >= 0.3 is 0 Å². The standard InChI is InChI=1S/C8H8BrO2/c1-10-6-3-4-8(11-2)7(9)5-6/h4-5H,1-2H3. The Kier molecular flexibility index (Phi) is 2.76. The molecule has 0 saturated heterocycles. The molecule has 0 amide bonds. The van der Waals surface area contributed by atoms with Crippen LogP contribution >= 0.6 is 15.9 Å². The fraction of sp³-hybridized carbons (Fsp3) is 0.250. The number of hydrogen-bond donors (Lipinski definition) is 0. The van der Waals surface area contributed by atoms with Crippen molar-refractivity contribution >= 4 is 15.9 Å². The van der Waals surface area contributed by atoms with E-state index in [0.29, 0.717) is 5.75 Å². The summed E-state index contributed by atoms with van der Waals surface area (Å²) in [5.74, 6) is 1.45. The van der Waals surface area contributed by atoms with E-state index in [-0.39, 0.29) is 0 Å². The van der Waals surface area contributed by atoms with Crippen LogP contribution in [0.15, 0.2) is 16.6 Å². The molecule has 0 aliphatic rings. The van der Waals surface area contributed by atoms with Crippen LogP contribution in [0, 0.1) is 6.07 Å². The molecule has 1 aromatic carbocycles. The van der Waals surface area contributed by atoms with Crippen LogP contribution in [0.4, 0.5) is 0 Å². The van der Waals surface area contributed by atoms with Crippen molar-refractivity contribution in [3.63, 3.8) is 0 Å². The van der Waals surface area contributed by atoms with Crippen LogP contribution in [0.5, 0.6) is 11.5 Å². The number of halogens is 1. The number of rotatable bonds is 2. The predicted molar refractivity (Wildman–Crippen MR) is 46.1 cm³/mol. The van der Waals surface area contributed by atoms with Crippen molar-refractivity contribution in [2.75, 3.05) is 14.2 Å². The van der Waals surface area contributed by atoms with Crippen molar-refractivity contribution < 1.29 is 9.47 Å². The van der Waals surface area contributed by atoms with E-state index in [1.54, 1.807) is 26.4 Å². The molecule has 0 bridgehead atoms. The third-order valence-electron chi connectivity index (χ3n) is 1.28.